The Morgan fingerprint density at radius 2 is 1.33 bits per heavy atom. The molecule has 0 atom stereocenters. The predicted molar refractivity (Wildman–Crippen MR) is 86.1 cm³/mol. The van der Waals surface area contributed by atoms with E-state index in [1.807, 2.05) is 31.2 Å². The molecule has 0 spiro atoms. The van der Waals surface area contributed by atoms with E-state index in [2.05, 4.69) is 12.2 Å². The fourth-order valence-electron chi connectivity index (χ4n) is 2.65. The number of benzene rings is 2. The fourth-order valence-corrected chi connectivity index (χ4v) is 2.65. The van der Waals surface area contributed by atoms with Crippen molar-refractivity contribution >= 4 is 11.1 Å². The third kappa shape index (κ3) is 2.84. The van der Waals surface area contributed by atoms with Crippen molar-refractivity contribution in [2.24, 2.45) is 0 Å². The minimum absolute atomic E-state index is 0.297. The molecule has 0 saturated carbocycles. The Labute approximate surface area is 124 Å². The molecule has 0 radical (unpaired) electrons. The van der Waals surface area contributed by atoms with Crippen molar-refractivity contribution in [1.29, 1.82) is 0 Å². The highest BCUT2D eigenvalue weighted by Crippen LogP contribution is 2.33. The highest BCUT2D eigenvalue weighted by molar-refractivity contribution is 5.78. The van der Waals surface area contributed by atoms with Gasteiger partial charge in [-0.25, -0.2) is 0 Å². The van der Waals surface area contributed by atoms with Gasteiger partial charge < -0.3 is 10.2 Å². The molecule has 0 unspecified atom stereocenters. The van der Waals surface area contributed by atoms with Gasteiger partial charge >= 0.3 is 0 Å². The van der Waals surface area contributed by atoms with E-state index in [9.17, 15) is 10.2 Å². The molecule has 0 aliphatic heterocycles. The number of allylic oxidation sites excluding steroid dienone is 4. The molecule has 0 fully saturated rings. The highest BCUT2D eigenvalue weighted by atomic mass is 16.3. The molecule has 3 rings (SSSR count). The Hall–Kier alpha value is -2.48. The lowest BCUT2D eigenvalue weighted by Gasteiger charge is -2.16. The summed E-state index contributed by atoms with van der Waals surface area (Å²) in [6.45, 7) is 1.92. The molecule has 2 N–H and O–H groups in total. The maximum Gasteiger partial charge on any atom is 0.118 e. The zero-order valence-electron chi connectivity index (χ0n) is 12.0. The lowest BCUT2D eigenvalue weighted by atomic mass is 9.89. The number of aryl methyl sites for hydroxylation is 1. The van der Waals surface area contributed by atoms with Crippen LogP contribution in [0.5, 0.6) is 11.5 Å². The van der Waals surface area contributed by atoms with Crippen LogP contribution in [0.3, 0.4) is 0 Å². The monoisotopic (exact) mass is 278 g/mol. The molecule has 0 heterocycles. The number of hydrogen-bond acceptors (Lipinski definition) is 2. The molecule has 21 heavy (non-hydrogen) atoms. The number of hydrogen-bond donors (Lipinski definition) is 2. The van der Waals surface area contributed by atoms with Crippen molar-refractivity contribution in [2.75, 3.05) is 0 Å². The van der Waals surface area contributed by atoms with E-state index >= 15 is 0 Å². The van der Waals surface area contributed by atoms with Crippen LogP contribution in [0.1, 0.15) is 29.5 Å². The Kier molecular flexibility index (Phi) is 3.53. The van der Waals surface area contributed by atoms with Crippen LogP contribution in [-0.2, 0) is 0 Å². The van der Waals surface area contributed by atoms with Crippen LogP contribution in [0.4, 0.5) is 0 Å². The molecule has 2 aromatic rings. The van der Waals surface area contributed by atoms with Gasteiger partial charge in [-0.2, -0.15) is 0 Å². The van der Waals surface area contributed by atoms with Crippen molar-refractivity contribution < 1.29 is 10.2 Å². The van der Waals surface area contributed by atoms with E-state index < -0.39 is 0 Å². The van der Waals surface area contributed by atoms with Gasteiger partial charge in [0.15, 0.2) is 0 Å². The van der Waals surface area contributed by atoms with Gasteiger partial charge in [0, 0.05) is 0 Å². The zero-order valence-corrected chi connectivity index (χ0v) is 12.0. The zero-order chi connectivity index (χ0) is 14.8. The lowest BCUT2D eigenvalue weighted by Crippen LogP contribution is -1.94. The van der Waals surface area contributed by atoms with E-state index in [-0.39, 0.29) is 0 Å². The van der Waals surface area contributed by atoms with Crippen molar-refractivity contribution in [2.45, 2.75) is 19.8 Å². The number of rotatable bonds is 2. The van der Waals surface area contributed by atoms with Crippen molar-refractivity contribution in [3.63, 3.8) is 0 Å². The third-order valence-electron chi connectivity index (χ3n) is 3.96. The third-order valence-corrected chi connectivity index (χ3v) is 3.96. The van der Waals surface area contributed by atoms with E-state index in [0.29, 0.717) is 11.5 Å². The minimum atomic E-state index is 0.297. The Bertz CT molecular complexity index is 722. The van der Waals surface area contributed by atoms with Crippen LogP contribution >= 0.6 is 0 Å². The van der Waals surface area contributed by atoms with Gasteiger partial charge in [0.2, 0.25) is 0 Å². The minimum Gasteiger partial charge on any atom is -0.508 e. The normalized spacial score (nSPS) is 14.5. The molecule has 1 aliphatic rings. The van der Waals surface area contributed by atoms with Crippen LogP contribution in [0, 0.1) is 6.92 Å². The molecular formula is C19H18O2. The Morgan fingerprint density at radius 3 is 1.90 bits per heavy atom. The van der Waals surface area contributed by atoms with Crippen LogP contribution in [0.25, 0.3) is 11.1 Å². The average molecular weight is 278 g/mol. The maximum absolute atomic E-state index is 9.60. The summed E-state index contributed by atoms with van der Waals surface area (Å²) in [7, 11) is 0. The number of phenolic OH excluding ortho intramolecular Hbond substituents is 2. The lowest BCUT2D eigenvalue weighted by molar-refractivity contribution is 0.471. The van der Waals surface area contributed by atoms with Crippen molar-refractivity contribution in [3.05, 3.63) is 71.3 Å². The summed E-state index contributed by atoms with van der Waals surface area (Å²) >= 11 is 0. The molecule has 0 bridgehead atoms. The topological polar surface area (TPSA) is 40.5 Å². The largest absolute Gasteiger partial charge is 0.508 e. The summed E-state index contributed by atoms with van der Waals surface area (Å²) in [4.78, 5) is 0. The predicted octanol–water partition coefficient (Wildman–Crippen LogP) is 4.67. The summed E-state index contributed by atoms with van der Waals surface area (Å²) in [6.07, 6.45) is 6.26. The molecule has 0 amide bonds. The Balaban J connectivity index is 1.87. The summed E-state index contributed by atoms with van der Waals surface area (Å²) in [6, 6.07) is 13.1. The van der Waals surface area contributed by atoms with Gasteiger partial charge in [-0.15, -0.1) is 0 Å². The SMILES string of the molecule is Cc1cc(C2=CC=C(c3ccc(O)cc3)CC2)ccc1O. The average Bonchev–Trinajstić information content (AvgIpc) is 2.51. The Morgan fingerprint density at radius 1 is 0.762 bits per heavy atom. The fraction of sp³-hybridized carbons (Fsp3) is 0.158. The maximum atomic E-state index is 9.60. The van der Waals surface area contributed by atoms with E-state index in [0.717, 1.165) is 24.0 Å². The second-order valence-corrected chi connectivity index (χ2v) is 5.43. The summed E-state index contributed by atoms with van der Waals surface area (Å²) in [5.74, 6) is 0.640. The smallest absolute Gasteiger partial charge is 0.118 e. The summed E-state index contributed by atoms with van der Waals surface area (Å²) in [5.41, 5.74) is 5.81. The first kappa shape index (κ1) is 13.5. The quantitative estimate of drug-likeness (QED) is 0.838. The molecule has 0 saturated heterocycles. The molecule has 106 valence electrons. The number of phenols is 2. The van der Waals surface area contributed by atoms with Gasteiger partial charge in [-0.3, -0.25) is 0 Å². The first-order chi connectivity index (χ1) is 10.1. The standard InChI is InChI=1S/C19H18O2/c1-13-12-17(8-11-19(13)21)16-4-2-14(3-5-16)15-6-9-18(20)10-7-15/h2,4,6-12,20-21H,3,5H2,1H3. The van der Waals surface area contributed by atoms with Crippen LogP contribution in [0.15, 0.2) is 54.6 Å². The van der Waals surface area contributed by atoms with E-state index in [1.165, 1.54) is 16.7 Å². The summed E-state index contributed by atoms with van der Waals surface area (Å²) in [5, 5.41) is 18.9. The molecular weight excluding hydrogens is 260 g/mol. The molecule has 2 heteroatoms. The van der Waals surface area contributed by atoms with Gasteiger partial charge in [0.25, 0.3) is 0 Å². The van der Waals surface area contributed by atoms with E-state index in [1.54, 1.807) is 18.2 Å². The summed E-state index contributed by atoms with van der Waals surface area (Å²) < 4.78 is 0. The van der Waals surface area contributed by atoms with Gasteiger partial charge in [-0.1, -0.05) is 30.4 Å². The second-order valence-electron chi connectivity index (χ2n) is 5.43. The first-order valence-corrected chi connectivity index (χ1v) is 7.12. The molecule has 1 aliphatic carbocycles. The molecule has 0 aromatic heterocycles. The van der Waals surface area contributed by atoms with Crippen LogP contribution in [0.2, 0.25) is 0 Å². The van der Waals surface area contributed by atoms with Crippen LogP contribution in [-0.4, -0.2) is 10.2 Å². The molecule has 2 nitrogen and oxygen atoms in total. The van der Waals surface area contributed by atoms with Gasteiger partial charge in [0.05, 0.1) is 0 Å². The van der Waals surface area contributed by atoms with Gasteiger partial charge in [0.1, 0.15) is 11.5 Å². The van der Waals surface area contributed by atoms with Crippen molar-refractivity contribution in [3.8, 4) is 11.5 Å². The van der Waals surface area contributed by atoms with Gasteiger partial charge in [-0.05, 0) is 71.9 Å². The number of aromatic hydroxyl groups is 2. The second kappa shape index (κ2) is 5.49. The molecule has 2 aromatic carbocycles. The van der Waals surface area contributed by atoms with Crippen molar-refractivity contribution in [1.82, 2.24) is 0 Å². The highest BCUT2D eigenvalue weighted by Gasteiger charge is 2.11. The van der Waals surface area contributed by atoms with E-state index in [4.69, 9.17) is 0 Å². The first-order valence-electron chi connectivity index (χ1n) is 7.12. The van der Waals surface area contributed by atoms with Crippen LogP contribution < -0.4 is 0 Å².